The van der Waals surface area contributed by atoms with Gasteiger partial charge in [0.1, 0.15) is 0 Å². The summed E-state index contributed by atoms with van der Waals surface area (Å²) in [6.07, 6.45) is 1.92. The SMILES string of the molecule is CC(C)CCS(=O)(=O)c1cnc2ccc(Cl)cc2n1. The lowest BCUT2D eigenvalue weighted by Gasteiger charge is -2.06. The van der Waals surface area contributed by atoms with Gasteiger partial charge < -0.3 is 0 Å². The number of halogens is 1. The van der Waals surface area contributed by atoms with E-state index in [9.17, 15) is 8.42 Å². The minimum Gasteiger partial charge on any atom is -0.252 e. The quantitative estimate of drug-likeness (QED) is 0.870. The van der Waals surface area contributed by atoms with Gasteiger partial charge in [0.05, 0.1) is 23.0 Å². The molecule has 0 amide bonds. The van der Waals surface area contributed by atoms with E-state index in [1.54, 1.807) is 18.2 Å². The van der Waals surface area contributed by atoms with Gasteiger partial charge >= 0.3 is 0 Å². The number of rotatable bonds is 4. The molecule has 2 rings (SSSR count). The van der Waals surface area contributed by atoms with Crippen molar-refractivity contribution in [3.8, 4) is 0 Å². The van der Waals surface area contributed by atoms with Crippen molar-refractivity contribution >= 4 is 32.5 Å². The van der Waals surface area contributed by atoms with Gasteiger partial charge in [0.15, 0.2) is 14.9 Å². The maximum absolute atomic E-state index is 12.1. The van der Waals surface area contributed by atoms with Crippen molar-refractivity contribution in [3.05, 3.63) is 29.4 Å². The fourth-order valence-corrected chi connectivity index (χ4v) is 3.22. The molecule has 1 heterocycles. The van der Waals surface area contributed by atoms with Crippen LogP contribution in [0, 0.1) is 5.92 Å². The van der Waals surface area contributed by atoms with E-state index < -0.39 is 9.84 Å². The molecule has 0 bridgehead atoms. The smallest absolute Gasteiger partial charge is 0.197 e. The van der Waals surface area contributed by atoms with Gasteiger partial charge in [-0.15, -0.1) is 0 Å². The molecular weight excluding hydrogens is 284 g/mol. The molecule has 0 unspecified atom stereocenters. The zero-order valence-electron chi connectivity index (χ0n) is 10.8. The lowest BCUT2D eigenvalue weighted by Crippen LogP contribution is -2.11. The Morgan fingerprint density at radius 3 is 2.68 bits per heavy atom. The summed E-state index contributed by atoms with van der Waals surface area (Å²) in [7, 11) is -3.38. The third kappa shape index (κ3) is 3.42. The fourth-order valence-electron chi connectivity index (χ4n) is 1.61. The Labute approximate surface area is 117 Å². The summed E-state index contributed by atoms with van der Waals surface area (Å²) < 4.78 is 24.3. The number of nitrogens with zero attached hydrogens (tertiary/aromatic N) is 2. The highest BCUT2D eigenvalue weighted by Crippen LogP contribution is 2.18. The first-order valence-electron chi connectivity index (χ1n) is 6.03. The first-order valence-corrected chi connectivity index (χ1v) is 8.06. The Morgan fingerprint density at radius 2 is 2.00 bits per heavy atom. The molecule has 102 valence electrons. The van der Waals surface area contributed by atoms with Crippen LogP contribution in [0.25, 0.3) is 11.0 Å². The summed E-state index contributed by atoms with van der Waals surface area (Å²) in [4.78, 5) is 8.27. The van der Waals surface area contributed by atoms with Crippen molar-refractivity contribution in [1.29, 1.82) is 0 Å². The molecule has 0 aliphatic carbocycles. The minimum atomic E-state index is -3.38. The standard InChI is InChI=1S/C13H15ClN2O2S/c1-9(2)5-6-19(17,18)13-8-15-11-4-3-10(14)7-12(11)16-13/h3-4,7-9H,5-6H2,1-2H3. The summed E-state index contributed by atoms with van der Waals surface area (Å²) in [6, 6.07) is 5.03. The lowest BCUT2D eigenvalue weighted by atomic mass is 10.2. The van der Waals surface area contributed by atoms with E-state index in [-0.39, 0.29) is 10.8 Å². The second-order valence-electron chi connectivity index (χ2n) is 4.84. The first kappa shape index (κ1) is 14.2. The minimum absolute atomic E-state index is 0.0166. The molecule has 2 aromatic rings. The van der Waals surface area contributed by atoms with Crippen LogP contribution in [0.3, 0.4) is 0 Å². The van der Waals surface area contributed by atoms with Crippen molar-refractivity contribution in [2.45, 2.75) is 25.3 Å². The van der Waals surface area contributed by atoms with Crippen LogP contribution in [0.5, 0.6) is 0 Å². The molecule has 0 N–H and O–H groups in total. The largest absolute Gasteiger partial charge is 0.252 e. The number of hydrogen-bond acceptors (Lipinski definition) is 4. The highest BCUT2D eigenvalue weighted by atomic mass is 35.5. The van der Waals surface area contributed by atoms with Crippen LogP contribution in [-0.4, -0.2) is 24.1 Å². The molecule has 0 saturated heterocycles. The van der Waals surface area contributed by atoms with Gasteiger partial charge in [0.2, 0.25) is 0 Å². The fraction of sp³-hybridized carbons (Fsp3) is 0.385. The van der Waals surface area contributed by atoms with Crippen LogP contribution < -0.4 is 0 Å². The van der Waals surface area contributed by atoms with Crippen LogP contribution in [0.2, 0.25) is 5.02 Å². The maximum Gasteiger partial charge on any atom is 0.197 e. The lowest BCUT2D eigenvalue weighted by molar-refractivity contribution is 0.570. The maximum atomic E-state index is 12.1. The molecular formula is C13H15ClN2O2S. The first-order chi connectivity index (χ1) is 8.88. The average molecular weight is 299 g/mol. The molecule has 0 aliphatic rings. The van der Waals surface area contributed by atoms with Crippen molar-refractivity contribution in [2.24, 2.45) is 5.92 Å². The number of benzene rings is 1. The summed E-state index contributed by atoms with van der Waals surface area (Å²) >= 11 is 5.87. The van der Waals surface area contributed by atoms with Gasteiger partial charge in [-0.1, -0.05) is 25.4 Å². The third-order valence-corrected chi connectivity index (χ3v) is 4.61. The number of hydrogen-bond donors (Lipinski definition) is 0. The molecule has 0 saturated carbocycles. The molecule has 0 fully saturated rings. The second kappa shape index (κ2) is 5.43. The summed E-state index contributed by atoms with van der Waals surface area (Å²) in [5.41, 5.74) is 1.13. The number of fused-ring (bicyclic) bond motifs is 1. The monoisotopic (exact) mass is 298 g/mol. The van der Waals surface area contributed by atoms with Crippen molar-refractivity contribution < 1.29 is 8.42 Å². The van der Waals surface area contributed by atoms with Gasteiger partial charge in [0.25, 0.3) is 0 Å². The molecule has 4 nitrogen and oxygen atoms in total. The Balaban J connectivity index is 2.40. The van der Waals surface area contributed by atoms with Crippen LogP contribution in [-0.2, 0) is 9.84 Å². The Hall–Kier alpha value is -1.20. The number of aromatic nitrogens is 2. The van der Waals surface area contributed by atoms with Crippen molar-refractivity contribution in [2.75, 3.05) is 5.75 Å². The normalized spacial score (nSPS) is 12.2. The van der Waals surface area contributed by atoms with Gasteiger partial charge in [-0.05, 0) is 30.5 Å². The zero-order valence-corrected chi connectivity index (χ0v) is 12.4. The Bertz CT molecular complexity index is 699. The molecule has 1 aromatic carbocycles. The molecule has 19 heavy (non-hydrogen) atoms. The Kier molecular flexibility index (Phi) is 4.06. The molecule has 1 aromatic heterocycles. The van der Waals surface area contributed by atoms with Crippen LogP contribution in [0.15, 0.2) is 29.4 Å². The van der Waals surface area contributed by atoms with E-state index in [0.29, 0.717) is 28.4 Å². The van der Waals surface area contributed by atoms with Crippen molar-refractivity contribution in [3.63, 3.8) is 0 Å². The topological polar surface area (TPSA) is 59.9 Å². The molecule has 0 spiro atoms. The summed E-state index contributed by atoms with van der Waals surface area (Å²) in [5, 5.41) is 0.529. The van der Waals surface area contributed by atoms with E-state index >= 15 is 0 Å². The van der Waals surface area contributed by atoms with Crippen LogP contribution >= 0.6 is 11.6 Å². The summed E-state index contributed by atoms with van der Waals surface area (Å²) in [5.74, 6) is 0.420. The predicted molar refractivity (Wildman–Crippen MR) is 76.1 cm³/mol. The van der Waals surface area contributed by atoms with Crippen LogP contribution in [0.4, 0.5) is 0 Å². The zero-order chi connectivity index (χ0) is 14.0. The molecule has 0 atom stereocenters. The van der Waals surface area contributed by atoms with E-state index in [2.05, 4.69) is 9.97 Å². The van der Waals surface area contributed by atoms with Gasteiger partial charge in [-0.25, -0.2) is 13.4 Å². The van der Waals surface area contributed by atoms with Crippen molar-refractivity contribution in [1.82, 2.24) is 9.97 Å². The highest BCUT2D eigenvalue weighted by Gasteiger charge is 2.17. The van der Waals surface area contributed by atoms with E-state index in [1.807, 2.05) is 13.8 Å². The van der Waals surface area contributed by atoms with E-state index in [1.165, 1.54) is 6.20 Å². The molecule has 0 aliphatic heterocycles. The van der Waals surface area contributed by atoms with Gasteiger partial charge in [-0.2, -0.15) is 0 Å². The van der Waals surface area contributed by atoms with Crippen LogP contribution in [0.1, 0.15) is 20.3 Å². The van der Waals surface area contributed by atoms with E-state index in [4.69, 9.17) is 11.6 Å². The summed E-state index contributed by atoms with van der Waals surface area (Å²) in [6.45, 7) is 3.97. The average Bonchev–Trinajstić information content (AvgIpc) is 2.35. The predicted octanol–water partition coefficient (Wildman–Crippen LogP) is 3.10. The molecule has 0 radical (unpaired) electrons. The van der Waals surface area contributed by atoms with Gasteiger partial charge in [-0.3, -0.25) is 4.98 Å². The third-order valence-electron chi connectivity index (χ3n) is 2.76. The highest BCUT2D eigenvalue weighted by molar-refractivity contribution is 7.91. The molecule has 6 heteroatoms. The second-order valence-corrected chi connectivity index (χ2v) is 7.34. The number of sulfone groups is 1. The van der Waals surface area contributed by atoms with E-state index in [0.717, 1.165) is 0 Å². The van der Waals surface area contributed by atoms with Gasteiger partial charge in [0, 0.05) is 5.02 Å². The Morgan fingerprint density at radius 1 is 1.26 bits per heavy atom.